The average Bonchev–Trinajstić information content (AvgIpc) is 3.11. The van der Waals surface area contributed by atoms with E-state index < -0.39 is 45.9 Å². The van der Waals surface area contributed by atoms with Crippen LogP contribution in [0.1, 0.15) is 33.4 Å². The highest BCUT2D eigenvalue weighted by Gasteiger charge is 2.73. The van der Waals surface area contributed by atoms with Gasteiger partial charge in [0, 0.05) is 5.69 Å². The number of imide groups is 1. The number of aryl methyl sites for hydroxylation is 1. The molecular weight excluding hydrogens is 483 g/mol. The van der Waals surface area contributed by atoms with Crippen molar-refractivity contribution in [2.75, 3.05) is 11.9 Å². The van der Waals surface area contributed by atoms with Gasteiger partial charge in [-0.2, -0.15) is 0 Å². The van der Waals surface area contributed by atoms with Crippen LogP contribution in [-0.2, 0) is 24.1 Å². The second-order valence-corrected chi connectivity index (χ2v) is 10.7. The molecular formula is C28H22Cl2N2O3. The Kier molecular flexibility index (Phi) is 4.73. The fourth-order valence-corrected chi connectivity index (χ4v) is 7.20. The van der Waals surface area contributed by atoms with Gasteiger partial charge in [0.25, 0.3) is 0 Å². The fourth-order valence-electron chi connectivity index (χ4n) is 6.10. The zero-order valence-corrected chi connectivity index (χ0v) is 20.7. The van der Waals surface area contributed by atoms with E-state index in [1.807, 2.05) is 74.5 Å². The first-order chi connectivity index (χ1) is 16.7. The second kappa shape index (κ2) is 7.42. The molecule has 176 valence electrons. The van der Waals surface area contributed by atoms with Crippen LogP contribution < -0.4 is 5.32 Å². The van der Waals surface area contributed by atoms with Gasteiger partial charge in [-0.3, -0.25) is 19.3 Å². The molecule has 35 heavy (non-hydrogen) atoms. The first kappa shape index (κ1) is 22.3. The van der Waals surface area contributed by atoms with Crippen molar-refractivity contribution in [2.45, 2.75) is 23.6 Å². The molecule has 3 aromatic carbocycles. The smallest absolute Gasteiger partial charge is 0.244 e. The van der Waals surface area contributed by atoms with E-state index in [1.54, 1.807) is 6.07 Å². The largest absolute Gasteiger partial charge is 0.324 e. The van der Waals surface area contributed by atoms with Crippen LogP contribution in [0, 0.1) is 25.7 Å². The summed E-state index contributed by atoms with van der Waals surface area (Å²) in [5, 5.41) is 2.84. The van der Waals surface area contributed by atoms with Gasteiger partial charge in [0.05, 0.1) is 11.8 Å². The fraction of sp³-hybridized carbons (Fsp3) is 0.250. The lowest BCUT2D eigenvalue weighted by Crippen LogP contribution is -2.57. The third-order valence-corrected chi connectivity index (χ3v) is 9.14. The van der Waals surface area contributed by atoms with Crippen LogP contribution in [-0.4, -0.2) is 29.2 Å². The minimum Gasteiger partial charge on any atom is -0.324 e. The zero-order chi connectivity index (χ0) is 24.7. The lowest BCUT2D eigenvalue weighted by atomic mass is 9.54. The summed E-state index contributed by atoms with van der Waals surface area (Å²) in [5.41, 5.74) is 5.55. The molecule has 2 atom stereocenters. The van der Waals surface area contributed by atoms with Gasteiger partial charge in [-0.05, 0) is 53.3 Å². The van der Waals surface area contributed by atoms with Crippen LogP contribution in [0.2, 0.25) is 0 Å². The number of likely N-dealkylation sites (tertiary alicyclic amines) is 1. The predicted molar refractivity (Wildman–Crippen MR) is 134 cm³/mol. The SMILES string of the molecule is Cc1cccc(NC(=O)CN2C(=O)[C@@H]3[C@H](C2=O)C2(Cl)c4ccccc4C3(Cl)c3ccccc32)c1C. The molecule has 3 aliphatic carbocycles. The van der Waals surface area contributed by atoms with Crippen molar-refractivity contribution in [2.24, 2.45) is 11.8 Å². The maximum absolute atomic E-state index is 13.8. The lowest BCUT2D eigenvalue weighted by Gasteiger charge is -2.54. The van der Waals surface area contributed by atoms with E-state index in [9.17, 15) is 14.4 Å². The van der Waals surface area contributed by atoms with Gasteiger partial charge in [0.2, 0.25) is 17.7 Å². The Morgan fingerprint density at radius 1 is 0.800 bits per heavy atom. The Labute approximate surface area is 213 Å². The number of amides is 3. The first-order valence-corrected chi connectivity index (χ1v) is 12.3. The molecule has 2 bridgehead atoms. The molecule has 1 N–H and O–H groups in total. The van der Waals surface area contributed by atoms with E-state index in [4.69, 9.17) is 23.2 Å². The maximum Gasteiger partial charge on any atom is 0.244 e. The third kappa shape index (κ3) is 2.74. The molecule has 0 saturated carbocycles. The summed E-state index contributed by atoms with van der Waals surface area (Å²) in [5.74, 6) is -3.21. The van der Waals surface area contributed by atoms with Crippen molar-refractivity contribution in [3.63, 3.8) is 0 Å². The standard InChI is InChI=1S/C28H22Cl2N2O3/c1-15-8-7-13-21(16(15)2)31-22(33)14-32-25(34)23-24(26(32)35)28(30)18-10-4-3-9-17(18)27(23,29)19-11-5-6-12-20(19)28/h3-13,23-24H,14H2,1-2H3,(H,31,33)/t23-,24+,27?,28?. The van der Waals surface area contributed by atoms with Crippen molar-refractivity contribution in [1.82, 2.24) is 4.90 Å². The predicted octanol–water partition coefficient (Wildman–Crippen LogP) is 4.84. The van der Waals surface area contributed by atoms with Gasteiger partial charge in [-0.25, -0.2) is 0 Å². The summed E-state index contributed by atoms with van der Waals surface area (Å²) in [4.78, 5) is 39.1. The normalized spacial score (nSPS) is 27.9. The molecule has 3 amide bonds. The van der Waals surface area contributed by atoms with Crippen molar-refractivity contribution in [3.8, 4) is 0 Å². The van der Waals surface area contributed by atoms with E-state index in [2.05, 4.69) is 5.32 Å². The van der Waals surface area contributed by atoms with Crippen molar-refractivity contribution in [1.29, 1.82) is 0 Å². The number of alkyl halides is 2. The second-order valence-electron chi connectivity index (χ2n) is 9.53. The van der Waals surface area contributed by atoms with Gasteiger partial charge < -0.3 is 5.32 Å². The lowest BCUT2D eigenvalue weighted by molar-refractivity contribution is -0.142. The van der Waals surface area contributed by atoms with Gasteiger partial charge in [0.15, 0.2) is 0 Å². The summed E-state index contributed by atoms with van der Waals surface area (Å²) in [6.07, 6.45) is 0. The molecule has 0 unspecified atom stereocenters. The molecule has 7 heteroatoms. The monoisotopic (exact) mass is 504 g/mol. The minimum atomic E-state index is -1.25. The number of benzene rings is 3. The minimum absolute atomic E-state index is 0.398. The topological polar surface area (TPSA) is 66.5 Å². The Hall–Kier alpha value is -3.15. The summed E-state index contributed by atoms with van der Waals surface area (Å²) in [6.45, 7) is 3.46. The van der Waals surface area contributed by atoms with Crippen molar-refractivity contribution >= 4 is 46.6 Å². The van der Waals surface area contributed by atoms with Crippen molar-refractivity contribution in [3.05, 3.63) is 100 Å². The van der Waals surface area contributed by atoms with Gasteiger partial charge in [-0.15, -0.1) is 23.2 Å². The molecule has 3 aromatic rings. The van der Waals surface area contributed by atoms with Gasteiger partial charge in [0.1, 0.15) is 16.3 Å². The highest BCUT2D eigenvalue weighted by molar-refractivity contribution is 6.36. The van der Waals surface area contributed by atoms with E-state index in [0.29, 0.717) is 5.69 Å². The Balaban J connectivity index is 1.42. The number of carbonyl (C=O) groups is 3. The van der Waals surface area contributed by atoms with E-state index in [-0.39, 0.29) is 0 Å². The number of anilines is 1. The van der Waals surface area contributed by atoms with Crippen LogP contribution in [0.25, 0.3) is 0 Å². The number of halogens is 2. The first-order valence-electron chi connectivity index (χ1n) is 11.5. The number of hydrogen-bond donors (Lipinski definition) is 1. The van der Waals surface area contributed by atoms with E-state index >= 15 is 0 Å². The Morgan fingerprint density at radius 2 is 1.26 bits per heavy atom. The van der Waals surface area contributed by atoms with Crippen molar-refractivity contribution < 1.29 is 14.4 Å². The van der Waals surface area contributed by atoms with Crippen LogP contribution >= 0.6 is 23.2 Å². The molecule has 1 saturated heterocycles. The molecule has 7 rings (SSSR count). The van der Waals surface area contributed by atoms with Crippen LogP contribution in [0.4, 0.5) is 5.69 Å². The maximum atomic E-state index is 13.8. The summed E-state index contributed by atoms with van der Waals surface area (Å²) in [7, 11) is 0. The summed E-state index contributed by atoms with van der Waals surface area (Å²) in [6, 6.07) is 20.5. The van der Waals surface area contributed by atoms with E-state index in [1.165, 1.54) is 0 Å². The van der Waals surface area contributed by atoms with Crippen LogP contribution in [0.3, 0.4) is 0 Å². The third-order valence-electron chi connectivity index (χ3n) is 7.86. The highest BCUT2D eigenvalue weighted by Crippen LogP contribution is 2.69. The number of nitrogens with one attached hydrogen (secondary N) is 1. The molecule has 5 nitrogen and oxygen atoms in total. The Bertz CT molecular complexity index is 1330. The van der Waals surface area contributed by atoms with E-state index in [0.717, 1.165) is 38.3 Å². The molecule has 0 aromatic heterocycles. The van der Waals surface area contributed by atoms with Crippen LogP contribution in [0.5, 0.6) is 0 Å². The van der Waals surface area contributed by atoms with Crippen LogP contribution in [0.15, 0.2) is 66.7 Å². The average molecular weight is 505 g/mol. The number of carbonyl (C=O) groups excluding carboxylic acids is 3. The number of hydrogen-bond acceptors (Lipinski definition) is 3. The number of nitrogens with zero attached hydrogens (tertiary/aromatic N) is 1. The number of rotatable bonds is 3. The zero-order valence-electron chi connectivity index (χ0n) is 19.1. The quantitative estimate of drug-likeness (QED) is 0.410. The Morgan fingerprint density at radius 3 is 1.71 bits per heavy atom. The summed E-state index contributed by atoms with van der Waals surface area (Å²) < 4.78 is 0. The molecule has 0 spiro atoms. The molecule has 1 aliphatic heterocycles. The molecule has 1 fully saturated rings. The molecule has 0 radical (unpaired) electrons. The molecule has 4 aliphatic rings. The van der Waals surface area contributed by atoms with Gasteiger partial charge in [-0.1, -0.05) is 60.7 Å². The highest BCUT2D eigenvalue weighted by atomic mass is 35.5. The molecule has 1 heterocycles. The van der Waals surface area contributed by atoms with Gasteiger partial charge >= 0.3 is 0 Å². The summed E-state index contributed by atoms with van der Waals surface area (Å²) >= 11 is 14.8.